The molecule has 3 heteroatoms. The van der Waals surface area contributed by atoms with Crippen molar-refractivity contribution in [3.05, 3.63) is 54.8 Å². The molecule has 0 amide bonds. The Morgan fingerprint density at radius 2 is 1.91 bits per heavy atom. The van der Waals surface area contributed by atoms with E-state index in [0.717, 1.165) is 30.8 Å². The molecular weight excluding hydrogens is 272 g/mol. The van der Waals surface area contributed by atoms with Gasteiger partial charge in [0.1, 0.15) is 5.58 Å². The zero-order chi connectivity index (χ0) is 14.9. The maximum Gasteiger partial charge on any atom is 0.134 e. The van der Waals surface area contributed by atoms with Crippen LogP contribution in [0, 0.1) is 0 Å². The van der Waals surface area contributed by atoms with Crippen molar-refractivity contribution in [3.63, 3.8) is 0 Å². The Morgan fingerprint density at radius 1 is 1.09 bits per heavy atom. The number of benzene rings is 2. The summed E-state index contributed by atoms with van der Waals surface area (Å²) in [6.45, 7) is 5.42. The van der Waals surface area contributed by atoms with E-state index in [1.807, 2.05) is 18.4 Å². The third kappa shape index (κ3) is 2.38. The summed E-state index contributed by atoms with van der Waals surface area (Å²) < 4.78 is 5.65. The summed E-state index contributed by atoms with van der Waals surface area (Å²) in [4.78, 5) is 2.44. The lowest BCUT2D eigenvalue weighted by Crippen LogP contribution is -2.49. The Morgan fingerprint density at radius 3 is 2.73 bits per heavy atom. The molecule has 1 saturated heterocycles. The van der Waals surface area contributed by atoms with Crippen LogP contribution in [-0.2, 0) is 0 Å². The van der Waals surface area contributed by atoms with Gasteiger partial charge in [-0.15, -0.1) is 0 Å². The van der Waals surface area contributed by atoms with E-state index < -0.39 is 0 Å². The molecule has 112 valence electrons. The highest BCUT2D eigenvalue weighted by atomic mass is 16.3. The van der Waals surface area contributed by atoms with E-state index in [9.17, 15) is 0 Å². The second-order valence-corrected chi connectivity index (χ2v) is 5.99. The molecule has 3 aromatic rings. The molecule has 0 saturated carbocycles. The summed E-state index contributed by atoms with van der Waals surface area (Å²) in [5, 5.41) is 4.65. The van der Waals surface area contributed by atoms with Crippen LogP contribution in [0.1, 0.15) is 6.92 Å². The Hall–Kier alpha value is -2.26. The molecule has 2 aromatic carbocycles. The molecule has 0 bridgehead atoms. The van der Waals surface area contributed by atoms with Crippen LogP contribution >= 0.6 is 0 Å². The van der Waals surface area contributed by atoms with Crippen molar-refractivity contribution in [1.82, 2.24) is 5.32 Å². The standard InChI is InChI=1S/C19H20N2O/c1-14-12-21(11-10-20-14)16-8-6-15(7-9-16)18-13-22-19-5-3-2-4-17(18)19/h2-9,13-14,20H,10-12H2,1H3/t14-/m1/s1. The largest absolute Gasteiger partial charge is 0.464 e. The number of fused-ring (bicyclic) bond motifs is 1. The van der Waals surface area contributed by atoms with Gasteiger partial charge in [0, 0.05) is 42.3 Å². The fraction of sp³-hybridized carbons (Fsp3) is 0.263. The van der Waals surface area contributed by atoms with Crippen LogP contribution in [0.2, 0.25) is 0 Å². The molecule has 1 aromatic heterocycles. The molecule has 1 fully saturated rings. The fourth-order valence-corrected chi connectivity index (χ4v) is 3.22. The monoisotopic (exact) mass is 292 g/mol. The van der Waals surface area contributed by atoms with E-state index >= 15 is 0 Å². The van der Waals surface area contributed by atoms with Crippen molar-refractivity contribution in [1.29, 1.82) is 0 Å². The van der Waals surface area contributed by atoms with Crippen molar-refractivity contribution in [2.75, 3.05) is 24.5 Å². The number of piperazine rings is 1. The van der Waals surface area contributed by atoms with Crippen molar-refractivity contribution in [3.8, 4) is 11.1 Å². The predicted molar refractivity (Wildman–Crippen MR) is 91.3 cm³/mol. The summed E-state index contributed by atoms with van der Waals surface area (Å²) in [6.07, 6.45) is 1.85. The van der Waals surface area contributed by atoms with E-state index in [1.165, 1.54) is 16.6 Å². The van der Waals surface area contributed by atoms with Crippen LogP contribution in [0.3, 0.4) is 0 Å². The number of hydrogen-bond donors (Lipinski definition) is 1. The molecule has 1 aliphatic rings. The average Bonchev–Trinajstić information content (AvgIpc) is 2.99. The van der Waals surface area contributed by atoms with Crippen molar-refractivity contribution < 1.29 is 4.42 Å². The third-order valence-corrected chi connectivity index (χ3v) is 4.39. The maximum atomic E-state index is 5.65. The Bertz CT molecular complexity index is 775. The molecule has 1 N–H and O–H groups in total. The predicted octanol–water partition coefficient (Wildman–Crippen LogP) is 3.90. The normalized spacial score (nSPS) is 18.8. The maximum absolute atomic E-state index is 5.65. The Balaban J connectivity index is 1.64. The van der Waals surface area contributed by atoms with Gasteiger partial charge in [-0.25, -0.2) is 0 Å². The van der Waals surface area contributed by atoms with E-state index in [0.29, 0.717) is 6.04 Å². The molecule has 1 atom stereocenters. The molecule has 2 heterocycles. The van der Waals surface area contributed by atoms with E-state index in [-0.39, 0.29) is 0 Å². The number of anilines is 1. The summed E-state index contributed by atoms with van der Waals surface area (Å²) in [7, 11) is 0. The quantitative estimate of drug-likeness (QED) is 0.776. The Labute approximate surface area is 130 Å². The lowest BCUT2D eigenvalue weighted by Gasteiger charge is -2.33. The van der Waals surface area contributed by atoms with Crippen molar-refractivity contribution in [2.24, 2.45) is 0 Å². The van der Waals surface area contributed by atoms with Crippen LogP contribution in [0.25, 0.3) is 22.1 Å². The van der Waals surface area contributed by atoms with Crippen molar-refractivity contribution in [2.45, 2.75) is 13.0 Å². The fourth-order valence-electron chi connectivity index (χ4n) is 3.22. The van der Waals surface area contributed by atoms with Crippen molar-refractivity contribution >= 4 is 16.7 Å². The topological polar surface area (TPSA) is 28.4 Å². The second-order valence-electron chi connectivity index (χ2n) is 5.99. The zero-order valence-electron chi connectivity index (χ0n) is 12.8. The number of hydrogen-bond acceptors (Lipinski definition) is 3. The van der Waals surface area contributed by atoms with Gasteiger partial charge in [-0.05, 0) is 30.7 Å². The van der Waals surface area contributed by atoms with Gasteiger partial charge < -0.3 is 14.6 Å². The highest BCUT2D eigenvalue weighted by Gasteiger charge is 2.16. The number of nitrogens with one attached hydrogen (secondary N) is 1. The van der Waals surface area contributed by atoms with E-state index in [4.69, 9.17) is 4.42 Å². The van der Waals surface area contributed by atoms with Crippen LogP contribution in [0.15, 0.2) is 59.2 Å². The molecule has 3 nitrogen and oxygen atoms in total. The number of para-hydroxylation sites is 1. The summed E-state index contributed by atoms with van der Waals surface area (Å²) in [6, 6.07) is 17.5. The minimum Gasteiger partial charge on any atom is -0.464 e. The van der Waals surface area contributed by atoms with Gasteiger partial charge in [-0.3, -0.25) is 0 Å². The smallest absolute Gasteiger partial charge is 0.134 e. The molecule has 4 rings (SSSR count). The van der Waals surface area contributed by atoms with Crippen LogP contribution in [0.5, 0.6) is 0 Å². The lowest BCUT2D eigenvalue weighted by molar-refractivity contribution is 0.485. The molecule has 22 heavy (non-hydrogen) atoms. The van der Waals surface area contributed by atoms with Crippen LogP contribution < -0.4 is 10.2 Å². The Kier molecular flexibility index (Phi) is 3.35. The third-order valence-electron chi connectivity index (χ3n) is 4.39. The lowest BCUT2D eigenvalue weighted by atomic mass is 10.0. The summed E-state index contributed by atoms with van der Waals surface area (Å²) in [5.74, 6) is 0. The van der Waals surface area contributed by atoms with Gasteiger partial charge in [0.05, 0.1) is 6.26 Å². The van der Waals surface area contributed by atoms with Gasteiger partial charge in [0.25, 0.3) is 0 Å². The van der Waals surface area contributed by atoms with Gasteiger partial charge >= 0.3 is 0 Å². The average molecular weight is 292 g/mol. The first kappa shape index (κ1) is 13.4. The molecule has 1 aliphatic heterocycles. The molecule has 0 aliphatic carbocycles. The van der Waals surface area contributed by atoms with E-state index in [1.54, 1.807) is 0 Å². The molecule has 0 unspecified atom stereocenters. The number of nitrogens with zero attached hydrogens (tertiary/aromatic N) is 1. The van der Waals surface area contributed by atoms with Gasteiger partial charge in [-0.2, -0.15) is 0 Å². The first-order chi connectivity index (χ1) is 10.8. The zero-order valence-corrected chi connectivity index (χ0v) is 12.8. The highest BCUT2D eigenvalue weighted by Crippen LogP contribution is 2.31. The van der Waals surface area contributed by atoms with Crippen LogP contribution in [-0.4, -0.2) is 25.7 Å². The minimum atomic E-state index is 0.547. The SMILES string of the molecule is C[C@@H]1CN(c2ccc(-c3coc4ccccc34)cc2)CCN1. The van der Waals surface area contributed by atoms with Gasteiger partial charge in [0.15, 0.2) is 0 Å². The summed E-state index contributed by atoms with van der Waals surface area (Å²) in [5.41, 5.74) is 4.61. The molecule has 0 spiro atoms. The van der Waals surface area contributed by atoms with Gasteiger partial charge in [-0.1, -0.05) is 30.3 Å². The first-order valence-electron chi connectivity index (χ1n) is 7.86. The number of furan rings is 1. The van der Waals surface area contributed by atoms with Crippen LogP contribution in [0.4, 0.5) is 5.69 Å². The second kappa shape index (κ2) is 5.50. The molecular formula is C19H20N2O. The highest BCUT2D eigenvalue weighted by molar-refractivity contribution is 5.94. The minimum absolute atomic E-state index is 0.547. The molecule has 0 radical (unpaired) electrons. The van der Waals surface area contributed by atoms with E-state index in [2.05, 4.69) is 53.5 Å². The number of rotatable bonds is 2. The summed E-state index contributed by atoms with van der Waals surface area (Å²) >= 11 is 0. The van der Waals surface area contributed by atoms with Gasteiger partial charge in [0.2, 0.25) is 0 Å². The first-order valence-corrected chi connectivity index (χ1v) is 7.86.